The Bertz CT molecular complexity index is 444. The quantitative estimate of drug-likeness (QED) is 0.666. The van der Waals surface area contributed by atoms with Crippen LogP contribution in [0, 0.1) is 5.92 Å². The molecule has 1 atom stereocenters. The van der Waals surface area contributed by atoms with Crippen molar-refractivity contribution in [2.75, 3.05) is 27.2 Å². The number of nitrogens with zero attached hydrogens (tertiary/aromatic N) is 2. The van der Waals surface area contributed by atoms with Gasteiger partial charge in [-0.3, -0.25) is 0 Å². The Balaban J connectivity index is 2.75. The molecule has 0 N–H and O–H groups in total. The Morgan fingerprint density at radius 1 is 1.32 bits per heavy atom. The molecule has 1 saturated heterocycles. The molecule has 1 aliphatic rings. The summed E-state index contributed by atoms with van der Waals surface area (Å²) in [5.41, 5.74) is 1.19. The van der Waals surface area contributed by atoms with Crippen molar-refractivity contribution in [2.45, 2.75) is 46.1 Å². The van der Waals surface area contributed by atoms with E-state index < -0.39 is 11.0 Å². The predicted molar refractivity (Wildman–Crippen MR) is 97.9 cm³/mol. The number of hydrogen-bond acceptors (Lipinski definition) is 2. The van der Waals surface area contributed by atoms with Crippen molar-refractivity contribution in [1.29, 1.82) is 0 Å². The highest BCUT2D eigenvalue weighted by molar-refractivity contribution is 7.86. The van der Waals surface area contributed by atoms with Crippen molar-refractivity contribution in [3.63, 3.8) is 0 Å². The first-order valence-corrected chi connectivity index (χ1v) is 9.37. The topological polar surface area (TPSA) is 23.6 Å². The third-order valence-corrected chi connectivity index (χ3v) is 6.03. The lowest BCUT2D eigenvalue weighted by atomic mass is 10.0. The highest BCUT2D eigenvalue weighted by Crippen LogP contribution is 2.21. The summed E-state index contributed by atoms with van der Waals surface area (Å²) in [4.78, 5) is 3.28. The van der Waals surface area contributed by atoms with Crippen LogP contribution in [-0.2, 0) is 11.0 Å². The molecule has 0 aromatic carbocycles. The van der Waals surface area contributed by atoms with Gasteiger partial charge in [0.2, 0.25) is 0 Å². The van der Waals surface area contributed by atoms with Crippen LogP contribution in [0.4, 0.5) is 0 Å². The lowest BCUT2D eigenvalue weighted by molar-refractivity contribution is 0.200. The van der Waals surface area contributed by atoms with Crippen LogP contribution in [0.2, 0.25) is 0 Å². The molecule has 1 heterocycles. The predicted octanol–water partition coefficient (Wildman–Crippen LogP) is 3.74. The summed E-state index contributed by atoms with van der Waals surface area (Å²) in [6.45, 7) is 12.1. The van der Waals surface area contributed by atoms with Gasteiger partial charge in [-0.15, -0.1) is 0 Å². The monoisotopic (exact) mass is 324 g/mol. The average Bonchev–Trinajstić information content (AvgIpc) is 2.51. The van der Waals surface area contributed by atoms with E-state index in [0.717, 1.165) is 37.3 Å². The fourth-order valence-corrected chi connectivity index (χ4v) is 3.98. The minimum Gasteiger partial charge on any atom is -0.306 e. The maximum Gasteiger partial charge on any atom is 0.123 e. The fraction of sp³-hybridized carbons (Fsp3) is 0.667. The minimum atomic E-state index is -1.01. The first-order valence-electron chi connectivity index (χ1n) is 8.27. The SMILES string of the molecule is C=C/C(=C\C=C(/CC)S(=O)N1CCC(N(C)C)CC1)C(C)C. The summed E-state index contributed by atoms with van der Waals surface area (Å²) < 4.78 is 14.9. The van der Waals surface area contributed by atoms with Crippen molar-refractivity contribution in [2.24, 2.45) is 5.92 Å². The van der Waals surface area contributed by atoms with Gasteiger partial charge in [0.25, 0.3) is 0 Å². The molecule has 22 heavy (non-hydrogen) atoms. The molecule has 3 nitrogen and oxygen atoms in total. The molecule has 1 fully saturated rings. The molecule has 0 spiro atoms. The van der Waals surface area contributed by atoms with E-state index in [9.17, 15) is 4.21 Å². The van der Waals surface area contributed by atoms with E-state index in [4.69, 9.17) is 0 Å². The van der Waals surface area contributed by atoms with Gasteiger partial charge < -0.3 is 4.90 Å². The summed E-state index contributed by atoms with van der Waals surface area (Å²) in [6, 6.07) is 0.621. The minimum absolute atomic E-state index is 0.441. The zero-order chi connectivity index (χ0) is 16.7. The Morgan fingerprint density at radius 2 is 1.91 bits per heavy atom. The van der Waals surface area contributed by atoms with E-state index in [1.807, 2.05) is 12.2 Å². The molecule has 126 valence electrons. The molecule has 1 unspecified atom stereocenters. The van der Waals surface area contributed by atoms with Crippen molar-refractivity contribution >= 4 is 11.0 Å². The van der Waals surface area contributed by atoms with E-state index >= 15 is 0 Å². The molecular weight excluding hydrogens is 292 g/mol. The maximum absolute atomic E-state index is 12.8. The van der Waals surface area contributed by atoms with Crippen LogP contribution in [0.1, 0.15) is 40.0 Å². The smallest absolute Gasteiger partial charge is 0.123 e. The molecule has 0 saturated carbocycles. The van der Waals surface area contributed by atoms with Crippen LogP contribution in [0.3, 0.4) is 0 Å². The van der Waals surface area contributed by atoms with Gasteiger partial charge >= 0.3 is 0 Å². The second-order valence-electron chi connectivity index (χ2n) is 6.38. The molecule has 0 radical (unpaired) electrons. The molecule has 0 bridgehead atoms. The van der Waals surface area contributed by atoms with Crippen LogP contribution in [0.5, 0.6) is 0 Å². The number of hydrogen-bond donors (Lipinski definition) is 0. The van der Waals surface area contributed by atoms with Gasteiger partial charge in [-0.25, -0.2) is 8.51 Å². The van der Waals surface area contributed by atoms with Crippen molar-refractivity contribution < 1.29 is 4.21 Å². The van der Waals surface area contributed by atoms with Crippen LogP contribution in [0.15, 0.2) is 35.3 Å². The van der Waals surface area contributed by atoms with Crippen LogP contribution in [-0.4, -0.2) is 46.6 Å². The summed E-state index contributed by atoms with van der Waals surface area (Å²) in [7, 11) is 3.25. The number of piperidine rings is 1. The fourth-order valence-electron chi connectivity index (χ4n) is 2.68. The van der Waals surface area contributed by atoms with Gasteiger partial charge in [-0.1, -0.05) is 39.5 Å². The van der Waals surface area contributed by atoms with Gasteiger partial charge in [0.1, 0.15) is 11.0 Å². The van der Waals surface area contributed by atoms with Crippen molar-refractivity contribution in [3.8, 4) is 0 Å². The lowest BCUT2D eigenvalue weighted by Gasteiger charge is -2.34. The highest BCUT2D eigenvalue weighted by Gasteiger charge is 2.25. The van der Waals surface area contributed by atoms with Gasteiger partial charge in [-0.05, 0) is 50.9 Å². The van der Waals surface area contributed by atoms with Gasteiger partial charge in [0.15, 0.2) is 0 Å². The van der Waals surface area contributed by atoms with Crippen LogP contribution in [0.25, 0.3) is 0 Å². The first kappa shape index (κ1) is 19.3. The molecule has 1 rings (SSSR count). The zero-order valence-electron chi connectivity index (χ0n) is 14.8. The van der Waals surface area contributed by atoms with E-state index in [0.29, 0.717) is 12.0 Å². The standard InChI is InChI=1S/C18H32N2OS/c1-7-16(15(3)4)9-10-18(8-2)22(21)20-13-11-17(12-14-20)19(5)6/h7,9-10,15,17H,1,8,11-14H2,2-6H3/b16-9+,18-10+. The van der Waals surface area contributed by atoms with Crippen LogP contribution >= 0.6 is 0 Å². The van der Waals surface area contributed by atoms with E-state index in [1.165, 1.54) is 5.57 Å². The summed E-state index contributed by atoms with van der Waals surface area (Å²) in [5.74, 6) is 0.441. The molecule has 4 heteroatoms. The normalized spacial score (nSPS) is 20.7. The second-order valence-corrected chi connectivity index (χ2v) is 7.92. The van der Waals surface area contributed by atoms with Gasteiger partial charge in [0, 0.05) is 24.0 Å². The Labute approximate surface area is 139 Å². The third kappa shape index (κ3) is 5.49. The lowest BCUT2D eigenvalue weighted by Crippen LogP contribution is -2.42. The van der Waals surface area contributed by atoms with Gasteiger partial charge in [0.05, 0.1) is 0 Å². The zero-order valence-corrected chi connectivity index (χ0v) is 15.7. The van der Waals surface area contributed by atoms with Crippen LogP contribution < -0.4 is 0 Å². The summed E-state index contributed by atoms with van der Waals surface area (Å²) in [6.07, 6.45) is 9.00. The Hall–Kier alpha value is -0.710. The van der Waals surface area contributed by atoms with E-state index in [2.05, 4.69) is 56.7 Å². The molecule has 0 amide bonds. The Morgan fingerprint density at radius 3 is 2.32 bits per heavy atom. The van der Waals surface area contributed by atoms with E-state index in [-0.39, 0.29) is 0 Å². The maximum atomic E-state index is 12.8. The first-order chi connectivity index (χ1) is 10.4. The largest absolute Gasteiger partial charge is 0.306 e. The van der Waals surface area contributed by atoms with Gasteiger partial charge in [-0.2, -0.15) is 0 Å². The summed E-state index contributed by atoms with van der Waals surface area (Å²) in [5, 5.41) is 0. The van der Waals surface area contributed by atoms with E-state index in [1.54, 1.807) is 0 Å². The third-order valence-electron chi connectivity index (χ3n) is 4.33. The second kappa shape index (κ2) is 9.43. The van der Waals surface area contributed by atoms with Crippen molar-refractivity contribution in [3.05, 3.63) is 35.3 Å². The highest BCUT2D eigenvalue weighted by atomic mass is 32.2. The average molecular weight is 325 g/mol. The molecule has 1 aliphatic heterocycles. The number of allylic oxidation sites excluding steroid dienone is 5. The molecule has 0 aromatic rings. The Kier molecular flexibility index (Phi) is 8.29. The molecular formula is C18H32N2OS. The molecule has 0 aliphatic carbocycles. The molecule has 0 aromatic heterocycles. The van der Waals surface area contributed by atoms with Crippen molar-refractivity contribution in [1.82, 2.24) is 9.21 Å². The summed E-state index contributed by atoms with van der Waals surface area (Å²) >= 11 is 0. The number of rotatable bonds is 7.